The standard InChI is InChI=1S/C16H23NO5Si/c18-16(22-15-9-7-14(8-10-15)17(19)20)6-2-5-13-23(21)11-3-1-4-12-23/h7-10,21H,1-6,11-13H2. The van der Waals surface area contributed by atoms with Crippen LogP contribution >= 0.6 is 0 Å². The average molecular weight is 337 g/mol. The molecule has 0 aliphatic carbocycles. The molecule has 0 radical (unpaired) electrons. The molecule has 0 unspecified atom stereocenters. The number of unbranched alkanes of at least 4 members (excludes halogenated alkanes) is 1. The highest BCUT2D eigenvalue weighted by atomic mass is 28.4. The van der Waals surface area contributed by atoms with E-state index in [9.17, 15) is 19.7 Å². The third kappa shape index (κ3) is 5.76. The Kier molecular flexibility index (Phi) is 6.29. The number of hydrogen-bond acceptors (Lipinski definition) is 5. The van der Waals surface area contributed by atoms with Gasteiger partial charge in [0, 0.05) is 18.6 Å². The maximum atomic E-state index is 11.8. The number of carbonyl (C=O) groups excluding carboxylic acids is 1. The van der Waals surface area contributed by atoms with Crippen LogP contribution in [0.15, 0.2) is 24.3 Å². The van der Waals surface area contributed by atoms with Crippen LogP contribution in [0.5, 0.6) is 5.75 Å². The lowest BCUT2D eigenvalue weighted by atomic mass is 10.2. The van der Waals surface area contributed by atoms with Crippen LogP contribution in [0.3, 0.4) is 0 Å². The molecule has 1 aromatic carbocycles. The summed E-state index contributed by atoms with van der Waals surface area (Å²) in [7, 11) is -2.02. The zero-order valence-corrected chi connectivity index (χ0v) is 14.2. The fourth-order valence-electron chi connectivity index (χ4n) is 3.00. The summed E-state index contributed by atoms with van der Waals surface area (Å²) in [5, 5.41) is 10.5. The van der Waals surface area contributed by atoms with Crippen molar-refractivity contribution in [2.75, 3.05) is 0 Å². The van der Waals surface area contributed by atoms with Crippen LogP contribution in [0.2, 0.25) is 18.1 Å². The average Bonchev–Trinajstić information content (AvgIpc) is 2.53. The number of ether oxygens (including phenoxy) is 1. The highest BCUT2D eigenvalue weighted by Crippen LogP contribution is 2.31. The van der Waals surface area contributed by atoms with Crippen molar-refractivity contribution in [2.24, 2.45) is 0 Å². The number of rotatable bonds is 7. The van der Waals surface area contributed by atoms with Crippen molar-refractivity contribution in [1.82, 2.24) is 0 Å². The zero-order chi connectivity index (χ0) is 16.7. The lowest BCUT2D eigenvalue weighted by molar-refractivity contribution is -0.384. The van der Waals surface area contributed by atoms with Gasteiger partial charge in [-0.25, -0.2) is 0 Å². The predicted octanol–water partition coefficient (Wildman–Crippen LogP) is 3.79. The third-order valence-electron chi connectivity index (χ3n) is 4.34. The van der Waals surface area contributed by atoms with E-state index in [4.69, 9.17) is 4.74 Å². The minimum atomic E-state index is -2.02. The smallest absolute Gasteiger partial charge is 0.311 e. The Bertz CT molecular complexity index is 540. The van der Waals surface area contributed by atoms with Crippen molar-refractivity contribution in [3.63, 3.8) is 0 Å². The van der Waals surface area contributed by atoms with Crippen LogP contribution in [0, 0.1) is 10.1 Å². The molecule has 1 aromatic rings. The number of nitrogens with zero attached hydrogens (tertiary/aromatic N) is 1. The lowest BCUT2D eigenvalue weighted by Gasteiger charge is -2.29. The highest BCUT2D eigenvalue weighted by molar-refractivity contribution is 6.72. The van der Waals surface area contributed by atoms with E-state index in [0.717, 1.165) is 37.4 Å². The summed E-state index contributed by atoms with van der Waals surface area (Å²) < 4.78 is 5.15. The summed E-state index contributed by atoms with van der Waals surface area (Å²) in [6, 6.07) is 8.35. The molecule has 1 aliphatic rings. The first-order valence-corrected chi connectivity index (χ1v) is 10.7. The monoisotopic (exact) mass is 337 g/mol. The fourth-order valence-corrected chi connectivity index (χ4v) is 6.48. The van der Waals surface area contributed by atoms with E-state index in [2.05, 4.69) is 0 Å². The normalized spacial score (nSPS) is 16.7. The van der Waals surface area contributed by atoms with Gasteiger partial charge >= 0.3 is 5.97 Å². The summed E-state index contributed by atoms with van der Waals surface area (Å²) in [6.07, 6.45) is 5.40. The van der Waals surface area contributed by atoms with Crippen molar-refractivity contribution >= 4 is 20.0 Å². The first-order chi connectivity index (χ1) is 11.0. The molecule has 1 N–H and O–H groups in total. The van der Waals surface area contributed by atoms with Crippen LogP contribution in [-0.2, 0) is 4.79 Å². The quantitative estimate of drug-likeness (QED) is 0.204. The van der Waals surface area contributed by atoms with Gasteiger partial charge < -0.3 is 9.53 Å². The molecular weight excluding hydrogens is 314 g/mol. The van der Waals surface area contributed by atoms with E-state index in [-0.39, 0.29) is 11.7 Å². The number of carbonyl (C=O) groups is 1. The van der Waals surface area contributed by atoms with Crippen LogP contribution < -0.4 is 4.74 Å². The van der Waals surface area contributed by atoms with Gasteiger partial charge in [0.05, 0.1) is 4.92 Å². The summed E-state index contributed by atoms with van der Waals surface area (Å²) >= 11 is 0. The van der Waals surface area contributed by atoms with Gasteiger partial charge in [0.25, 0.3) is 5.69 Å². The van der Waals surface area contributed by atoms with E-state index in [1.54, 1.807) is 0 Å². The van der Waals surface area contributed by atoms with Crippen molar-refractivity contribution in [2.45, 2.75) is 56.7 Å². The molecule has 23 heavy (non-hydrogen) atoms. The first-order valence-electron chi connectivity index (χ1n) is 8.16. The highest BCUT2D eigenvalue weighted by Gasteiger charge is 2.31. The molecule has 0 bridgehead atoms. The van der Waals surface area contributed by atoms with Gasteiger partial charge in [-0.3, -0.25) is 14.9 Å². The molecule has 0 aromatic heterocycles. The van der Waals surface area contributed by atoms with Crippen molar-refractivity contribution in [1.29, 1.82) is 0 Å². The van der Waals surface area contributed by atoms with E-state index in [0.29, 0.717) is 18.6 Å². The maximum absolute atomic E-state index is 11.8. The van der Waals surface area contributed by atoms with Gasteiger partial charge in [0.2, 0.25) is 0 Å². The molecule has 0 spiro atoms. The number of nitro benzene ring substituents is 1. The second-order valence-corrected chi connectivity index (χ2v) is 10.2. The Hall–Kier alpha value is -1.73. The SMILES string of the molecule is O=C(CCCC[Si]1(O)CCCCC1)Oc1ccc([N+](=O)[O-])cc1. The van der Waals surface area contributed by atoms with Gasteiger partial charge in [-0.05, 0) is 36.7 Å². The van der Waals surface area contributed by atoms with Gasteiger partial charge in [-0.2, -0.15) is 0 Å². The van der Waals surface area contributed by atoms with Gasteiger partial charge in [0.1, 0.15) is 5.75 Å². The Balaban J connectivity index is 1.67. The molecule has 1 fully saturated rings. The summed E-state index contributed by atoms with van der Waals surface area (Å²) in [5.41, 5.74) is -0.0320. The molecule has 126 valence electrons. The first kappa shape index (κ1) is 17.6. The van der Waals surface area contributed by atoms with Crippen LogP contribution in [0.25, 0.3) is 0 Å². The Morgan fingerprint density at radius 2 is 1.83 bits per heavy atom. The molecule has 2 rings (SSSR count). The van der Waals surface area contributed by atoms with Crippen molar-refractivity contribution in [3.05, 3.63) is 34.4 Å². The molecule has 0 saturated carbocycles. The van der Waals surface area contributed by atoms with E-state index >= 15 is 0 Å². The molecule has 6 nitrogen and oxygen atoms in total. The minimum absolute atomic E-state index is 0.0320. The van der Waals surface area contributed by atoms with Crippen LogP contribution in [-0.4, -0.2) is 24.0 Å². The number of non-ortho nitro benzene ring substituents is 1. The van der Waals surface area contributed by atoms with Crippen LogP contribution in [0.1, 0.15) is 38.5 Å². The number of benzene rings is 1. The molecule has 1 aliphatic heterocycles. The summed E-state index contributed by atoms with van der Waals surface area (Å²) in [5.74, 6) is -0.0166. The van der Waals surface area contributed by atoms with E-state index in [1.165, 1.54) is 30.7 Å². The van der Waals surface area contributed by atoms with Crippen molar-refractivity contribution in [3.8, 4) is 5.75 Å². The molecule has 1 saturated heterocycles. The number of nitro groups is 1. The van der Waals surface area contributed by atoms with Gasteiger partial charge in [0.15, 0.2) is 8.32 Å². The van der Waals surface area contributed by atoms with Crippen LogP contribution in [0.4, 0.5) is 5.69 Å². The fraction of sp³-hybridized carbons (Fsp3) is 0.562. The Morgan fingerprint density at radius 1 is 1.17 bits per heavy atom. The third-order valence-corrected chi connectivity index (χ3v) is 8.19. The zero-order valence-electron chi connectivity index (χ0n) is 13.2. The van der Waals surface area contributed by atoms with E-state index in [1.807, 2.05) is 0 Å². The van der Waals surface area contributed by atoms with Gasteiger partial charge in [-0.15, -0.1) is 0 Å². The molecular formula is C16H23NO5Si. The van der Waals surface area contributed by atoms with Gasteiger partial charge in [-0.1, -0.05) is 25.7 Å². The largest absolute Gasteiger partial charge is 0.432 e. The Labute approximate surface area is 136 Å². The summed E-state index contributed by atoms with van der Waals surface area (Å²) in [4.78, 5) is 32.3. The lowest BCUT2D eigenvalue weighted by Crippen LogP contribution is -2.36. The number of esters is 1. The maximum Gasteiger partial charge on any atom is 0.311 e. The molecule has 0 atom stereocenters. The Morgan fingerprint density at radius 3 is 2.43 bits per heavy atom. The minimum Gasteiger partial charge on any atom is -0.432 e. The second-order valence-electron chi connectivity index (χ2n) is 6.22. The second kappa shape index (κ2) is 8.21. The van der Waals surface area contributed by atoms with Crippen molar-refractivity contribution < 1.29 is 19.3 Å². The molecule has 7 heteroatoms. The molecule has 0 amide bonds. The topological polar surface area (TPSA) is 89.7 Å². The molecule has 1 heterocycles. The predicted molar refractivity (Wildman–Crippen MR) is 88.8 cm³/mol. The number of hydrogen-bond donors (Lipinski definition) is 1. The van der Waals surface area contributed by atoms with E-state index < -0.39 is 13.2 Å². The summed E-state index contributed by atoms with van der Waals surface area (Å²) in [6.45, 7) is 0.